The van der Waals surface area contributed by atoms with Crippen molar-refractivity contribution >= 4 is 50.5 Å². The molecular formula is C14H9BrClN3OS. The van der Waals surface area contributed by atoms with Gasteiger partial charge in [-0.3, -0.25) is 4.79 Å². The van der Waals surface area contributed by atoms with Gasteiger partial charge in [0.05, 0.1) is 17.0 Å². The first-order valence-electron chi connectivity index (χ1n) is 5.97. The van der Waals surface area contributed by atoms with E-state index < -0.39 is 0 Å². The summed E-state index contributed by atoms with van der Waals surface area (Å²) in [6, 6.07) is 7.20. The Morgan fingerprint density at radius 1 is 1.38 bits per heavy atom. The second kappa shape index (κ2) is 6.01. The zero-order chi connectivity index (χ0) is 14.8. The molecule has 0 saturated carbocycles. The number of amides is 1. The Balaban J connectivity index is 1.83. The molecule has 2 heterocycles. The van der Waals surface area contributed by atoms with E-state index in [1.807, 2.05) is 28.3 Å². The lowest BCUT2D eigenvalue weighted by molar-refractivity contribution is 0.103. The number of imidazole rings is 1. The van der Waals surface area contributed by atoms with Crippen molar-refractivity contribution in [3.05, 3.63) is 62.7 Å². The third-order valence-electron chi connectivity index (χ3n) is 2.81. The largest absolute Gasteiger partial charge is 0.321 e. The molecule has 0 unspecified atom stereocenters. The van der Waals surface area contributed by atoms with Crippen molar-refractivity contribution < 1.29 is 4.79 Å². The van der Waals surface area contributed by atoms with Crippen molar-refractivity contribution in [1.29, 1.82) is 0 Å². The monoisotopic (exact) mass is 381 g/mol. The van der Waals surface area contributed by atoms with Crippen LogP contribution in [0.4, 0.5) is 5.69 Å². The number of thiophene rings is 1. The van der Waals surface area contributed by atoms with Crippen LogP contribution in [0.1, 0.15) is 9.67 Å². The zero-order valence-corrected chi connectivity index (χ0v) is 13.7. The highest BCUT2D eigenvalue weighted by Gasteiger charge is 2.12. The number of anilines is 1. The lowest BCUT2D eigenvalue weighted by Crippen LogP contribution is -2.10. The van der Waals surface area contributed by atoms with Gasteiger partial charge in [-0.25, -0.2) is 4.98 Å². The minimum Gasteiger partial charge on any atom is -0.321 e. The third kappa shape index (κ3) is 3.02. The molecule has 106 valence electrons. The molecule has 3 aromatic rings. The topological polar surface area (TPSA) is 46.9 Å². The van der Waals surface area contributed by atoms with Gasteiger partial charge in [-0.15, -0.1) is 11.3 Å². The molecule has 0 radical (unpaired) electrons. The van der Waals surface area contributed by atoms with E-state index in [0.717, 1.165) is 10.2 Å². The molecule has 0 atom stereocenters. The number of hydrogen-bond donors (Lipinski definition) is 1. The van der Waals surface area contributed by atoms with Crippen LogP contribution < -0.4 is 5.32 Å². The van der Waals surface area contributed by atoms with Crippen LogP contribution >= 0.6 is 38.9 Å². The van der Waals surface area contributed by atoms with E-state index in [2.05, 4.69) is 26.2 Å². The van der Waals surface area contributed by atoms with Gasteiger partial charge in [0.2, 0.25) is 0 Å². The van der Waals surface area contributed by atoms with Crippen LogP contribution in [0.2, 0.25) is 5.02 Å². The number of carbonyl (C=O) groups is 1. The second-order valence-corrected chi connectivity index (χ2v) is 6.37. The number of carbonyl (C=O) groups excluding carboxylic acids is 1. The fourth-order valence-corrected chi connectivity index (χ4v) is 3.56. The molecule has 4 nitrogen and oxygen atoms in total. The van der Waals surface area contributed by atoms with Crippen molar-refractivity contribution in [2.45, 2.75) is 0 Å². The number of aromatic nitrogens is 2. The van der Waals surface area contributed by atoms with E-state index in [1.54, 1.807) is 24.7 Å². The molecule has 0 saturated heterocycles. The second-order valence-electron chi connectivity index (χ2n) is 4.19. The highest BCUT2D eigenvalue weighted by atomic mass is 79.9. The number of nitrogens with zero attached hydrogens (tertiary/aromatic N) is 2. The maximum atomic E-state index is 12.1. The molecule has 1 amide bonds. The average molecular weight is 383 g/mol. The van der Waals surface area contributed by atoms with Crippen LogP contribution in [0.5, 0.6) is 0 Å². The maximum absolute atomic E-state index is 12.1. The summed E-state index contributed by atoms with van der Waals surface area (Å²) >= 11 is 11.0. The number of hydrogen-bond acceptors (Lipinski definition) is 3. The van der Waals surface area contributed by atoms with Gasteiger partial charge in [0, 0.05) is 22.6 Å². The summed E-state index contributed by atoms with van der Waals surface area (Å²) in [6.07, 6.45) is 5.16. The quantitative estimate of drug-likeness (QED) is 0.719. The van der Waals surface area contributed by atoms with Gasteiger partial charge in [0.1, 0.15) is 4.88 Å². The Bertz CT molecular complexity index is 785. The van der Waals surface area contributed by atoms with E-state index in [-0.39, 0.29) is 5.91 Å². The Labute approximate surface area is 138 Å². The van der Waals surface area contributed by atoms with Gasteiger partial charge in [-0.05, 0) is 45.6 Å². The van der Waals surface area contributed by atoms with E-state index >= 15 is 0 Å². The Hall–Kier alpha value is -1.63. The third-order valence-corrected chi connectivity index (χ3v) is 4.95. The fourth-order valence-electron chi connectivity index (χ4n) is 1.84. The first kappa shape index (κ1) is 14.3. The van der Waals surface area contributed by atoms with Crippen LogP contribution in [-0.4, -0.2) is 15.5 Å². The molecule has 21 heavy (non-hydrogen) atoms. The predicted octanol–water partition coefficient (Wildman–Crippen LogP) is 4.60. The first-order chi connectivity index (χ1) is 10.1. The van der Waals surface area contributed by atoms with Crippen molar-refractivity contribution in [2.75, 3.05) is 5.32 Å². The summed E-state index contributed by atoms with van der Waals surface area (Å²) in [5.74, 6) is -0.164. The van der Waals surface area contributed by atoms with Crippen LogP contribution in [0.25, 0.3) is 5.69 Å². The van der Waals surface area contributed by atoms with Crippen molar-refractivity contribution in [3.63, 3.8) is 0 Å². The molecular weight excluding hydrogens is 374 g/mol. The normalized spacial score (nSPS) is 10.6. The summed E-state index contributed by atoms with van der Waals surface area (Å²) in [7, 11) is 0. The van der Waals surface area contributed by atoms with Gasteiger partial charge in [0.15, 0.2) is 0 Å². The zero-order valence-electron chi connectivity index (χ0n) is 10.6. The molecule has 1 N–H and O–H groups in total. The summed E-state index contributed by atoms with van der Waals surface area (Å²) < 4.78 is 2.59. The smallest absolute Gasteiger partial charge is 0.266 e. The molecule has 0 aliphatic heterocycles. The molecule has 1 aromatic carbocycles. The van der Waals surface area contributed by atoms with Crippen LogP contribution in [0.3, 0.4) is 0 Å². The SMILES string of the molecule is O=C(Nc1ccc(-n2ccnc2)c(Cl)c1)c1sccc1Br. The molecule has 0 spiro atoms. The highest BCUT2D eigenvalue weighted by Crippen LogP contribution is 2.27. The lowest BCUT2D eigenvalue weighted by Gasteiger charge is -2.09. The standard InChI is InChI=1S/C14H9BrClN3OS/c15-10-3-6-21-13(10)14(20)18-9-1-2-12(11(16)7-9)19-5-4-17-8-19/h1-8H,(H,18,20). The molecule has 3 rings (SSSR count). The summed E-state index contributed by atoms with van der Waals surface area (Å²) in [5.41, 5.74) is 1.46. The molecule has 0 bridgehead atoms. The lowest BCUT2D eigenvalue weighted by atomic mass is 10.2. The molecule has 0 fully saturated rings. The first-order valence-corrected chi connectivity index (χ1v) is 8.02. The van der Waals surface area contributed by atoms with Crippen LogP contribution in [-0.2, 0) is 0 Å². The number of rotatable bonds is 3. The van der Waals surface area contributed by atoms with Crippen molar-refractivity contribution in [2.24, 2.45) is 0 Å². The molecule has 0 aliphatic rings. The van der Waals surface area contributed by atoms with Gasteiger partial charge in [-0.2, -0.15) is 0 Å². The van der Waals surface area contributed by atoms with Crippen molar-refractivity contribution in [3.8, 4) is 5.69 Å². The highest BCUT2D eigenvalue weighted by molar-refractivity contribution is 9.10. The maximum Gasteiger partial charge on any atom is 0.266 e. The number of halogens is 2. The molecule has 0 aliphatic carbocycles. The Morgan fingerprint density at radius 2 is 2.24 bits per heavy atom. The van der Waals surface area contributed by atoms with Gasteiger partial charge in [-0.1, -0.05) is 11.6 Å². The van der Waals surface area contributed by atoms with Gasteiger partial charge in [0.25, 0.3) is 5.91 Å². The summed E-state index contributed by atoms with van der Waals surface area (Å²) in [6.45, 7) is 0. The van der Waals surface area contributed by atoms with Crippen molar-refractivity contribution in [1.82, 2.24) is 9.55 Å². The fraction of sp³-hybridized carbons (Fsp3) is 0. The van der Waals surface area contributed by atoms with E-state index in [9.17, 15) is 4.79 Å². The molecule has 7 heteroatoms. The van der Waals surface area contributed by atoms with E-state index in [0.29, 0.717) is 15.6 Å². The van der Waals surface area contributed by atoms with Gasteiger partial charge < -0.3 is 9.88 Å². The Morgan fingerprint density at radius 3 is 2.86 bits per heavy atom. The minimum atomic E-state index is -0.164. The average Bonchev–Trinajstić information content (AvgIpc) is 3.10. The van der Waals surface area contributed by atoms with E-state index in [4.69, 9.17) is 11.6 Å². The van der Waals surface area contributed by atoms with Crippen LogP contribution in [0, 0.1) is 0 Å². The number of benzene rings is 1. The number of nitrogens with one attached hydrogen (secondary N) is 1. The van der Waals surface area contributed by atoms with E-state index in [1.165, 1.54) is 11.3 Å². The minimum absolute atomic E-state index is 0.164. The molecule has 2 aromatic heterocycles. The summed E-state index contributed by atoms with van der Waals surface area (Å²) in [5, 5.41) is 5.22. The van der Waals surface area contributed by atoms with Crippen LogP contribution in [0.15, 0.2) is 52.8 Å². The van der Waals surface area contributed by atoms with Gasteiger partial charge >= 0.3 is 0 Å². The predicted molar refractivity (Wildman–Crippen MR) is 88.5 cm³/mol. The Kier molecular flexibility index (Phi) is 4.10. The summed E-state index contributed by atoms with van der Waals surface area (Å²) in [4.78, 5) is 16.7.